The van der Waals surface area contributed by atoms with Crippen molar-refractivity contribution in [3.63, 3.8) is 0 Å². The summed E-state index contributed by atoms with van der Waals surface area (Å²) < 4.78 is 37.9. The molecule has 0 aliphatic heterocycles. The third-order valence-corrected chi connectivity index (χ3v) is 1.91. The first-order valence-corrected chi connectivity index (χ1v) is 4.46. The van der Waals surface area contributed by atoms with Crippen molar-refractivity contribution in [2.45, 2.75) is 18.4 Å². The van der Waals surface area contributed by atoms with Crippen LogP contribution in [-0.4, -0.2) is 26.8 Å². The zero-order chi connectivity index (χ0) is 9.19. The Morgan fingerprint density at radius 2 is 2.17 bits per heavy atom. The van der Waals surface area contributed by atoms with Crippen molar-refractivity contribution in [2.75, 3.05) is 6.67 Å². The molecule has 0 atom stereocenters. The zero-order valence-corrected chi connectivity index (χ0v) is 6.97. The van der Waals surface area contributed by atoms with E-state index in [-0.39, 0.29) is 0 Å². The van der Waals surface area contributed by atoms with E-state index in [2.05, 4.69) is 4.74 Å². The fourth-order valence-electron chi connectivity index (χ4n) is 0.696. The molecule has 70 valence electrons. The number of carbonyl (C=O) groups is 1. The first kappa shape index (κ1) is 9.24. The minimum Gasteiger partial charge on any atom is -0.439 e. The number of rotatable bonds is 3. The highest BCUT2D eigenvalue weighted by Crippen LogP contribution is 2.39. The lowest BCUT2D eigenvalue weighted by Gasteiger charge is -2.10. The molecule has 1 fully saturated rings. The first-order valence-electron chi connectivity index (χ1n) is 3.28. The molecule has 1 aliphatic rings. The quantitative estimate of drug-likeness (QED) is 0.611. The maximum Gasteiger partial charge on any atom is 0.421 e. The number of ether oxygens (including phenoxy) is 1. The number of halogens is 1. The Balaban J connectivity index is 2.36. The zero-order valence-electron chi connectivity index (χ0n) is 6.08. The van der Waals surface area contributed by atoms with Crippen LogP contribution in [0, 0.1) is 0 Å². The fourth-order valence-corrected chi connectivity index (χ4v) is 0.891. The molecule has 1 rings (SSSR count). The van der Waals surface area contributed by atoms with Gasteiger partial charge in [0.05, 0.1) is 0 Å². The normalized spacial score (nSPS) is 18.8. The van der Waals surface area contributed by atoms with Crippen LogP contribution in [0.2, 0.25) is 0 Å². The number of thiol groups is 1. The SMILES string of the molecule is O=C(N[SH](=O)=O)OC1(CF)CC1. The van der Waals surface area contributed by atoms with E-state index in [0.717, 1.165) is 0 Å². The number of hydrogen-bond acceptors (Lipinski definition) is 4. The molecule has 1 aliphatic carbocycles. The molecular weight excluding hydrogens is 189 g/mol. The van der Waals surface area contributed by atoms with Gasteiger partial charge in [-0.15, -0.1) is 0 Å². The van der Waals surface area contributed by atoms with Crippen LogP contribution in [0.4, 0.5) is 9.18 Å². The van der Waals surface area contributed by atoms with Crippen LogP contribution in [0.3, 0.4) is 0 Å². The lowest BCUT2D eigenvalue weighted by Crippen LogP contribution is -2.30. The summed E-state index contributed by atoms with van der Waals surface area (Å²) in [5.74, 6) is 0. The van der Waals surface area contributed by atoms with Gasteiger partial charge in [0, 0.05) is 0 Å². The third-order valence-electron chi connectivity index (χ3n) is 1.54. The van der Waals surface area contributed by atoms with Crippen molar-refractivity contribution in [3.8, 4) is 0 Å². The summed E-state index contributed by atoms with van der Waals surface area (Å²) in [4.78, 5) is 10.6. The molecule has 0 aromatic heterocycles. The summed E-state index contributed by atoms with van der Waals surface area (Å²) in [6, 6.07) is 0. The smallest absolute Gasteiger partial charge is 0.421 e. The summed E-state index contributed by atoms with van der Waals surface area (Å²) >= 11 is 0. The van der Waals surface area contributed by atoms with Gasteiger partial charge in [0.1, 0.15) is 12.3 Å². The van der Waals surface area contributed by atoms with E-state index in [9.17, 15) is 17.6 Å². The van der Waals surface area contributed by atoms with Gasteiger partial charge in [-0.25, -0.2) is 22.3 Å². The lowest BCUT2D eigenvalue weighted by atomic mass is 10.4. The van der Waals surface area contributed by atoms with E-state index < -0.39 is 29.3 Å². The molecule has 1 N–H and O–H groups in total. The maximum atomic E-state index is 12.1. The van der Waals surface area contributed by atoms with Crippen LogP contribution in [0.15, 0.2) is 0 Å². The Labute approximate surface area is 70.0 Å². The molecular formula is C5H8FNO4S. The van der Waals surface area contributed by atoms with Crippen LogP contribution in [0.1, 0.15) is 12.8 Å². The van der Waals surface area contributed by atoms with E-state index in [1.165, 1.54) is 4.72 Å². The molecule has 7 heteroatoms. The van der Waals surface area contributed by atoms with Gasteiger partial charge in [0.15, 0.2) is 0 Å². The monoisotopic (exact) mass is 197 g/mol. The molecule has 0 aromatic rings. The Morgan fingerprint density at radius 1 is 1.58 bits per heavy atom. The van der Waals surface area contributed by atoms with E-state index in [1.807, 2.05) is 0 Å². The van der Waals surface area contributed by atoms with Crippen molar-refractivity contribution >= 4 is 17.0 Å². The van der Waals surface area contributed by atoms with Crippen molar-refractivity contribution in [1.29, 1.82) is 0 Å². The van der Waals surface area contributed by atoms with Crippen LogP contribution in [0.5, 0.6) is 0 Å². The largest absolute Gasteiger partial charge is 0.439 e. The second-order valence-electron chi connectivity index (χ2n) is 2.58. The standard InChI is InChI=1S/C5H8FNO4S/c6-3-5(1-2-5)11-4(8)7-12(9)10/h12H,1-3H2,(H,7,8,9,10). The summed E-state index contributed by atoms with van der Waals surface area (Å²) in [6.07, 6.45) is -0.208. The second-order valence-corrected chi connectivity index (χ2v) is 3.31. The molecule has 12 heavy (non-hydrogen) atoms. The molecule has 0 unspecified atom stereocenters. The van der Waals surface area contributed by atoms with Gasteiger partial charge >= 0.3 is 6.09 Å². The predicted octanol–water partition coefficient (Wildman–Crippen LogP) is -0.259. The van der Waals surface area contributed by atoms with Crippen molar-refractivity contribution in [1.82, 2.24) is 4.72 Å². The molecule has 1 amide bonds. The average Bonchev–Trinajstić information content (AvgIpc) is 2.67. The van der Waals surface area contributed by atoms with E-state index in [1.54, 1.807) is 0 Å². The van der Waals surface area contributed by atoms with Crippen LogP contribution in [0.25, 0.3) is 0 Å². The second kappa shape index (κ2) is 3.26. The number of amides is 1. The molecule has 0 radical (unpaired) electrons. The van der Waals surface area contributed by atoms with E-state index in [0.29, 0.717) is 12.8 Å². The fraction of sp³-hybridized carbons (Fsp3) is 0.800. The highest BCUT2D eigenvalue weighted by Gasteiger charge is 2.47. The highest BCUT2D eigenvalue weighted by atomic mass is 32.2. The number of hydrogen-bond donors (Lipinski definition) is 2. The first-order chi connectivity index (χ1) is 5.58. The van der Waals surface area contributed by atoms with Gasteiger partial charge in [-0.05, 0) is 12.8 Å². The molecule has 0 bridgehead atoms. The molecule has 0 saturated heterocycles. The van der Waals surface area contributed by atoms with Gasteiger partial charge in [-0.1, -0.05) is 0 Å². The third kappa shape index (κ3) is 2.33. The lowest BCUT2D eigenvalue weighted by molar-refractivity contribution is 0.0699. The highest BCUT2D eigenvalue weighted by molar-refractivity contribution is 7.70. The minimum atomic E-state index is -3.02. The summed E-state index contributed by atoms with van der Waals surface area (Å²) in [5, 5.41) is 0. The van der Waals surface area contributed by atoms with Crippen LogP contribution >= 0.6 is 0 Å². The molecule has 0 heterocycles. The maximum absolute atomic E-state index is 12.1. The van der Waals surface area contributed by atoms with Crippen molar-refractivity contribution in [2.24, 2.45) is 0 Å². The van der Waals surface area contributed by atoms with Gasteiger partial charge in [0.2, 0.25) is 10.9 Å². The summed E-state index contributed by atoms with van der Waals surface area (Å²) in [6.45, 7) is -0.768. The minimum absolute atomic E-state index is 0.451. The average molecular weight is 197 g/mol. The van der Waals surface area contributed by atoms with Gasteiger partial charge in [-0.2, -0.15) is 0 Å². The van der Waals surface area contributed by atoms with Gasteiger partial charge in [0.25, 0.3) is 0 Å². The number of alkyl halides is 1. The summed E-state index contributed by atoms with van der Waals surface area (Å²) in [5.41, 5.74) is -1.05. The van der Waals surface area contributed by atoms with Crippen LogP contribution < -0.4 is 4.72 Å². The van der Waals surface area contributed by atoms with Gasteiger partial charge < -0.3 is 4.74 Å². The van der Waals surface area contributed by atoms with Gasteiger partial charge in [-0.3, -0.25) is 0 Å². The Hall–Kier alpha value is -0.850. The number of carbonyl (C=O) groups excluding carboxylic acids is 1. The van der Waals surface area contributed by atoms with E-state index in [4.69, 9.17) is 0 Å². The summed E-state index contributed by atoms with van der Waals surface area (Å²) in [7, 11) is -3.02. The topological polar surface area (TPSA) is 72.5 Å². The number of nitrogens with one attached hydrogen (secondary N) is 1. The predicted molar refractivity (Wildman–Crippen MR) is 37.9 cm³/mol. The Kier molecular flexibility index (Phi) is 2.51. The molecule has 0 aromatic carbocycles. The Morgan fingerprint density at radius 3 is 2.50 bits per heavy atom. The van der Waals surface area contributed by atoms with Crippen molar-refractivity contribution < 1.29 is 22.3 Å². The molecule has 1 saturated carbocycles. The molecule has 0 spiro atoms. The van der Waals surface area contributed by atoms with Crippen LogP contribution in [-0.2, 0) is 15.6 Å². The van der Waals surface area contributed by atoms with E-state index >= 15 is 0 Å². The molecule has 5 nitrogen and oxygen atoms in total. The van der Waals surface area contributed by atoms with Crippen molar-refractivity contribution in [3.05, 3.63) is 0 Å². The Bertz CT molecular complexity index is 252.